The van der Waals surface area contributed by atoms with E-state index < -0.39 is 0 Å². The molecule has 0 saturated carbocycles. The molecule has 0 saturated heterocycles. The lowest BCUT2D eigenvalue weighted by molar-refractivity contribution is 0.272. The van der Waals surface area contributed by atoms with E-state index in [0.717, 1.165) is 17.5 Å². The summed E-state index contributed by atoms with van der Waals surface area (Å²) in [5.74, 6) is 0.994. The van der Waals surface area contributed by atoms with E-state index in [4.69, 9.17) is 5.11 Å². The van der Waals surface area contributed by atoms with E-state index in [0.29, 0.717) is 18.1 Å². The molecule has 2 heteroatoms. The number of aliphatic hydroxyl groups excluding tert-OH is 1. The van der Waals surface area contributed by atoms with Gasteiger partial charge in [-0.25, -0.2) is 0 Å². The maximum absolute atomic E-state index is 10.2. The molecule has 1 unspecified atom stereocenters. The first-order valence-corrected chi connectivity index (χ1v) is 6.04. The molecule has 0 amide bonds. The van der Waals surface area contributed by atoms with Crippen LogP contribution < -0.4 is 0 Å². The van der Waals surface area contributed by atoms with Crippen LogP contribution in [0.4, 0.5) is 0 Å². The predicted molar refractivity (Wildman–Crippen MR) is 66.9 cm³/mol. The lowest BCUT2D eigenvalue weighted by Crippen LogP contribution is -2.02. The predicted octanol–water partition coefficient (Wildman–Crippen LogP) is 3.39. The summed E-state index contributed by atoms with van der Waals surface area (Å²) in [4.78, 5) is 0. The van der Waals surface area contributed by atoms with Gasteiger partial charge in [-0.15, -0.1) is 0 Å². The van der Waals surface area contributed by atoms with Gasteiger partial charge in [-0.05, 0) is 35.8 Å². The first-order valence-electron chi connectivity index (χ1n) is 6.04. The molecule has 0 spiro atoms. The Kier molecular flexibility index (Phi) is 4.81. The highest BCUT2D eigenvalue weighted by Gasteiger charge is 2.16. The number of phenolic OH excluding ortho intramolecular Hbond substituents is 1. The van der Waals surface area contributed by atoms with Gasteiger partial charge in [0.15, 0.2) is 0 Å². The Labute approximate surface area is 97.9 Å². The van der Waals surface area contributed by atoms with Crippen LogP contribution in [0, 0.1) is 0 Å². The molecule has 1 aromatic carbocycles. The highest BCUT2D eigenvalue weighted by atomic mass is 16.3. The van der Waals surface area contributed by atoms with Crippen LogP contribution in [-0.2, 0) is 0 Å². The van der Waals surface area contributed by atoms with E-state index in [-0.39, 0.29) is 12.5 Å². The van der Waals surface area contributed by atoms with Crippen LogP contribution in [0.5, 0.6) is 5.75 Å². The quantitative estimate of drug-likeness (QED) is 0.801. The fourth-order valence-corrected chi connectivity index (χ4v) is 2.11. The molecule has 16 heavy (non-hydrogen) atoms. The van der Waals surface area contributed by atoms with Crippen LogP contribution in [0.3, 0.4) is 0 Å². The topological polar surface area (TPSA) is 40.5 Å². The monoisotopic (exact) mass is 222 g/mol. The van der Waals surface area contributed by atoms with Gasteiger partial charge in [0.2, 0.25) is 0 Å². The molecule has 2 N–H and O–H groups in total. The maximum atomic E-state index is 10.2. The zero-order valence-electron chi connectivity index (χ0n) is 10.4. The molecule has 0 aromatic heterocycles. The van der Waals surface area contributed by atoms with Gasteiger partial charge in [0.1, 0.15) is 5.75 Å². The molecule has 0 fully saturated rings. The van der Waals surface area contributed by atoms with Gasteiger partial charge in [-0.3, -0.25) is 0 Å². The van der Waals surface area contributed by atoms with E-state index in [1.807, 2.05) is 18.2 Å². The molecular formula is C14H22O2. The van der Waals surface area contributed by atoms with Crippen LogP contribution in [0.15, 0.2) is 18.2 Å². The second kappa shape index (κ2) is 5.90. The Hall–Kier alpha value is -1.02. The van der Waals surface area contributed by atoms with Gasteiger partial charge in [0, 0.05) is 6.61 Å². The zero-order valence-corrected chi connectivity index (χ0v) is 10.4. The van der Waals surface area contributed by atoms with Crippen molar-refractivity contribution in [2.75, 3.05) is 6.61 Å². The molecule has 0 aliphatic heterocycles. The number of benzene rings is 1. The summed E-state index contributed by atoms with van der Waals surface area (Å²) < 4.78 is 0. The minimum absolute atomic E-state index is 0.170. The van der Waals surface area contributed by atoms with Crippen molar-refractivity contribution in [3.8, 4) is 5.75 Å². The Bertz CT molecular complexity index is 332. The second-order valence-corrected chi connectivity index (χ2v) is 4.56. The fourth-order valence-electron chi connectivity index (χ4n) is 2.11. The Morgan fingerprint density at radius 2 is 1.81 bits per heavy atom. The lowest BCUT2D eigenvalue weighted by atomic mass is 9.89. The minimum atomic E-state index is 0.170. The zero-order chi connectivity index (χ0) is 12.1. The van der Waals surface area contributed by atoms with Gasteiger partial charge in [-0.2, -0.15) is 0 Å². The Morgan fingerprint density at radius 3 is 2.31 bits per heavy atom. The maximum Gasteiger partial charge on any atom is 0.122 e. The SMILES string of the molecule is CCC(CCO)c1cccc(C(C)C)c1O. The first kappa shape index (κ1) is 13.0. The van der Waals surface area contributed by atoms with Gasteiger partial charge in [0.05, 0.1) is 0 Å². The van der Waals surface area contributed by atoms with E-state index in [9.17, 15) is 5.11 Å². The average molecular weight is 222 g/mol. The van der Waals surface area contributed by atoms with Gasteiger partial charge < -0.3 is 10.2 Å². The number of phenols is 1. The lowest BCUT2D eigenvalue weighted by Gasteiger charge is -2.18. The van der Waals surface area contributed by atoms with Crippen molar-refractivity contribution < 1.29 is 10.2 Å². The van der Waals surface area contributed by atoms with Crippen LogP contribution in [0.2, 0.25) is 0 Å². The summed E-state index contributed by atoms with van der Waals surface area (Å²) >= 11 is 0. The third-order valence-electron chi connectivity index (χ3n) is 3.13. The van der Waals surface area contributed by atoms with Gasteiger partial charge >= 0.3 is 0 Å². The Morgan fingerprint density at radius 1 is 1.19 bits per heavy atom. The number of aromatic hydroxyl groups is 1. The third kappa shape index (κ3) is 2.76. The number of rotatable bonds is 5. The summed E-state index contributed by atoms with van der Waals surface area (Å²) in [7, 11) is 0. The van der Waals surface area contributed by atoms with Gasteiger partial charge in [-0.1, -0.05) is 39.0 Å². The van der Waals surface area contributed by atoms with Crippen molar-refractivity contribution >= 4 is 0 Å². The summed E-state index contributed by atoms with van der Waals surface area (Å²) in [6, 6.07) is 5.92. The van der Waals surface area contributed by atoms with E-state index in [2.05, 4.69) is 20.8 Å². The number of hydrogen-bond donors (Lipinski definition) is 2. The van der Waals surface area contributed by atoms with E-state index >= 15 is 0 Å². The first-order chi connectivity index (χ1) is 7.61. The Balaban J connectivity index is 3.08. The molecule has 90 valence electrons. The van der Waals surface area contributed by atoms with Crippen molar-refractivity contribution in [2.24, 2.45) is 0 Å². The molecule has 1 aromatic rings. The van der Waals surface area contributed by atoms with Crippen LogP contribution in [0.1, 0.15) is 56.6 Å². The standard InChI is InChI=1S/C14H22O2/c1-4-11(8-9-15)13-7-5-6-12(10(2)3)14(13)16/h5-7,10-11,15-16H,4,8-9H2,1-3H3. The van der Waals surface area contributed by atoms with Crippen LogP contribution in [0.25, 0.3) is 0 Å². The molecule has 2 nitrogen and oxygen atoms in total. The molecule has 0 aliphatic rings. The van der Waals surface area contributed by atoms with Crippen LogP contribution >= 0.6 is 0 Å². The number of aliphatic hydroxyl groups is 1. The van der Waals surface area contributed by atoms with Crippen molar-refractivity contribution in [1.82, 2.24) is 0 Å². The molecule has 0 radical (unpaired) electrons. The summed E-state index contributed by atoms with van der Waals surface area (Å²) in [5, 5.41) is 19.2. The highest BCUT2D eigenvalue weighted by Crippen LogP contribution is 2.35. The van der Waals surface area contributed by atoms with Crippen molar-refractivity contribution in [2.45, 2.75) is 45.4 Å². The van der Waals surface area contributed by atoms with Gasteiger partial charge in [0.25, 0.3) is 0 Å². The molecule has 1 atom stereocenters. The van der Waals surface area contributed by atoms with Crippen molar-refractivity contribution in [3.05, 3.63) is 29.3 Å². The van der Waals surface area contributed by atoms with Crippen molar-refractivity contribution in [3.63, 3.8) is 0 Å². The summed E-state index contributed by atoms with van der Waals surface area (Å²) in [6.07, 6.45) is 1.65. The largest absolute Gasteiger partial charge is 0.507 e. The smallest absolute Gasteiger partial charge is 0.122 e. The minimum Gasteiger partial charge on any atom is -0.507 e. The average Bonchev–Trinajstić information content (AvgIpc) is 2.26. The molecule has 1 rings (SSSR count). The summed E-state index contributed by atoms with van der Waals surface area (Å²) in [6.45, 7) is 6.41. The van der Waals surface area contributed by atoms with Crippen molar-refractivity contribution in [1.29, 1.82) is 0 Å². The normalized spacial score (nSPS) is 13.1. The highest BCUT2D eigenvalue weighted by molar-refractivity contribution is 5.43. The molecule has 0 bridgehead atoms. The van der Waals surface area contributed by atoms with Crippen LogP contribution in [-0.4, -0.2) is 16.8 Å². The molecular weight excluding hydrogens is 200 g/mol. The number of para-hydroxylation sites is 1. The molecule has 0 heterocycles. The second-order valence-electron chi connectivity index (χ2n) is 4.56. The third-order valence-corrected chi connectivity index (χ3v) is 3.13. The molecule has 0 aliphatic carbocycles. The summed E-state index contributed by atoms with van der Waals surface area (Å²) in [5.41, 5.74) is 1.97. The number of hydrogen-bond acceptors (Lipinski definition) is 2. The van der Waals surface area contributed by atoms with E-state index in [1.165, 1.54) is 0 Å². The van der Waals surface area contributed by atoms with E-state index in [1.54, 1.807) is 0 Å². The fraction of sp³-hybridized carbons (Fsp3) is 0.571.